The molecule has 3 unspecified atom stereocenters. The monoisotopic (exact) mass is 345 g/mol. The average Bonchev–Trinajstić information content (AvgIpc) is 2.60. The fourth-order valence-electron chi connectivity index (χ4n) is 3.55. The van der Waals surface area contributed by atoms with Crippen molar-refractivity contribution in [3.05, 3.63) is 35.9 Å². The van der Waals surface area contributed by atoms with Crippen molar-refractivity contribution in [3.63, 3.8) is 0 Å². The molecule has 25 heavy (non-hydrogen) atoms. The molecule has 1 heterocycles. The Morgan fingerprint density at radius 1 is 1.28 bits per heavy atom. The van der Waals surface area contributed by atoms with E-state index in [1.165, 1.54) is 12.0 Å². The summed E-state index contributed by atoms with van der Waals surface area (Å²) in [7, 11) is 0. The van der Waals surface area contributed by atoms with Crippen LogP contribution in [-0.2, 0) is 4.74 Å². The van der Waals surface area contributed by atoms with Crippen LogP contribution in [0.1, 0.15) is 59.1 Å². The molecule has 0 amide bonds. The Morgan fingerprint density at radius 2 is 2.00 bits per heavy atom. The smallest absolute Gasteiger partial charge is 0.191 e. The molecule has 1 aromatic carbocycles. The number of nitrogens with one attached hydrogen (secondary N) is 2. The third-order valence-electron chi connectivity index (χ3n) is 4.78. The van der Waals surface area contributed by atoms with E-state index in [0.717, 1.165) is 32.1 Å². The molecule has 1 aromatic rings. The lowest BCUT2D eigenvalue weighted by Gasteiger charge is -2.39. The van der Waals surface area contributed by atoms with E-state index in [1.54, 1.807) is 0 Å². The van der Waals surface area contributed by atoms with Crippen LogP contribution >= 0.6 is 0 Å². The zero-order chi connectivity index (χ0) is 18.3. The summed E-state index contributed by atoms with van der Waals surface area (Å²) in [5.74, 6) is 1.37. The molecule has 2 N–H and O–H groups in total. The maximum Gasteiger partial charge on any atom is 0.191 e. The van der Waals surface area contributed by atoms with Gasteiger partial charge in [0.2, 0.25) is 0 Å². The molecule has 0 radical (unpaired) electrons. The van der Waals surface area contributed by atoms with Crippen LogP contribution < -0.4 is 10.6 Å². The predicted molar refractivity (Wildman–Crippen MR) is 106 cm³/mol. The van der Waals surface area contributed by atoms with Gasteiger partial charge in [0.1, 0.15) is 0 Å². The third kappa shape index (κ3) is 6.03. The maximum absolute atomic E-state index is 6.09. The molecule has 0 bridgehead atoms. The highest BCUT2D eigenvalue weighted by Crippen LogP contribution is 2.34. The molecule has 0 aliphatic carbocycles. The normalized spacial score (nSPS) is 23.2. The van der Waals surface area contributed by atoms with Gasteiger partial charge >= 0.3 is 0 Å². The fourth-order valence-corrected chi connectivity index (χ4v) is 3.55. The maximum atomic E-state index is 6.09. The summed E-state index contributed by atoms with van der Waals surface area (Å²) >= 11 is 0. The largest absolute Gasteiger partial charge is 0.377 e. The summed E-state index contributed by atoms with van der Waals surface area (Å²) in [6.45, 7) is 13.6. The molecule has 2 rings (SSSR count). The van der Waals surface area contributed by atoms with E-state index in [-0.39, 0.29) is 17.6 Å². The van der Waals surface area contributed by atoms with E-state index < -0.39 is 0 Å². The van der Waals surface area contributed by atoms with Crippen LogP contribution in [0.15, 0.2) is 35.3 Å². The number of nitrogens with zero attached hydrogens (tertiary/aromatic N) is 1. The van der Waals surface area contributed by atoms with E-state index in [9.17, 15) is 0 Å². The Hall–Kier alpha value is -1.55. The number of benzene rings is 1. The number of rotatable bonds is 5. The zero-order valence-electron chi connectivity index (χ0n) is 16.5. The Kier molecular flexibility index (Phi) is 7.30. The number of aliphatic imine (C=N–C) groups is 1. The molecular formula is C21H35N3O. The van der Waals surface area contributed by atoms with Gasteiger partial charge in [0.15, 0.2) is 5.96 Å². The van der Waals surface area contributed by atoms with Gasteiger partial charge in [0, 0.05) is 25.6 Å². The van der Waals surface area contributed by atoms with Gasteiger partial charge in [0.25, 0.3) is 0 Å². The molecule has 0 saturated carbocycles. The van der Waals surface area contributed by atoms with Crippen LogP contribution in [0, 0.1) is 11.3 Å². The molecule has 0 spiro atoms. The highest BCUT2D eigenvalue weighted by Gasteiger charge is 2.35. The second kappa shape index (κ2) is 9.23. The topological polar surface area (TPSA) is 45.7 Å². The summed E-state index contributed by atoms with van der Waals surface area (Å²) in [4.78, 5) is 4.88. The first-order valence-corrected chi connectivity index (χ1v) is 9.63. The first-order chi connectivity index (χ1) is 11.9. The Labute approximate surface area is 153 Å². The minimum absolute atomic E-state index is 0.156. The number of hydrogen-bond acceptors (Lipinski definition) is 2. The molecule has 4 nitrogen and oxygen atoms in total. The summed E-state index contributed by atoms with van der Waals surface area (Å²) in [5, 5.41) is 6.90. The third-order valence-corrected chi connectivity index (χ3v) is 4.78. The van der Waals surface area contributed by atoms with Crippen molar-refractivity contribution in [1.82, 2.24) is 10.6 Å². The lowest BCUT2D eigenvalue weighted by atomic mass is 9.78. The molecule has 1 aliphatic rings. The van der Waals surface area contributed by atoms with Crippen LogP contribution in [0.5, 0.6) is 0 Å². The zero-order valence-corrected chi connectivity index (χ0v) is 16.5. The molecule has 140 valence electrons. The van der Waals surface area contributed by atoms with Gasteiger partial charge in [-0.2, -0.15) is 0 Å². The summed E-state index contributed by atoms with van der Waals surface area (Å²) in [6.07, 6.45) is 2.61. The number of ether oxygens (including phenoxy) is 1. The van der Waals surface area contributed by atoms with Crippen LogP contribution in [0.2, 0.25) is 0 Å². The number of hydrogen-bond donors (Lipinski definition) is 2. The van der Waals surface area contributed by atoms with Crippen LogP contribution in [-0.4, -0.2) is 31.8 Å². The first-order valence-electron chi connectivity index (χ1n) is 9.63. The van der Waals surface area contributed by atoms with E-state index in [0.29, 0.717) is 5.92 Å². The van der Waals surface area contributed by atoms with Gasteiger partial charge in [-0.3, -0.25) is 4.99 Å². The lowest BCUT2D eigenvalue weighted by molar-refractivity contribution is -0.0823. The summed E-state index contributed by atoms with van der Waals surface area (Å²) in [6, 6.07) is 10.7. The predicted octanol–water partition coefficient (Wildman–Crippen LogP) is 4.14. The van der Waals surface area contributed by atoms with Crippen molar-refractivity contribution in [2.24, 2.45) is 16.3 Å². The lowest BCUT2D eigenvalue weighted by Crippen LogP contribution is -2.43. The summed E-state index contributed by atoms with van der Waals surface area (Å²) in [5.41, 5.74) is 1.42. The molecule has 0 aromatic heterocycles. The molecule has 4 heteroatoms. The van der Waals surface area contributed by atoms with Crippen molar-refractivity contribution in [2.75, 3.05) is 19.7 Å². The van der Waals surface area contributed by atoms with E-state index >= 15 is 0 Å². The van der Waals surface area contributed by atoms with Crippen LogP contribution in [0.4, 0.5) is 0 Å². The SMILES string of the molecule is CCNC(=NCC1CCCOC1C(C)(C)C)NC(C)c1ccccc1. The van der Waals surface area contributed by atoms with Gasteiger partial charge in [0.05, 0.1) is 12.1 Å². The average molecular weight is 346 g/mol. The molecular weight excluding hydrogens is 310 g/mol. The molecule has 1 saturated heterocycles. The summed E-state index contributed by atoms with van der Waals surface area (Å²) < 4.78 is 6.09. The molecule has 1 aliphatic heterocycles. The van der Waals surface area contributed by atoms with E-state index in [1.807, 2.05) is 6.07 Å². The van der Waals surface area contributed by atoms with Crippen molar-refractivity contribution in [1.29, 1.82) is 0 Å². The quantitative estimate of drug-likeness (QED) is 0.623. The second-order valence-electron chi connectivity index (χ2n) is 8.06. The highest BCUT2D eigenvalue weighted by molar-refractivity contribution is 5.80. The van der Waals surface area contributed by atoms with Crippen LogP contribution in [0.3, 0.4) is 0 Å². The fraction of sp³-hybridized carbons (Fsp3) is 0.667. The Balaban J connectivity index is 2.03. The Bertz CT molecular complexity index is 536. The van der Waals surface area contributed by atoms with Crippen molar-refractivity contribution < 1.29 is 4.74 Å². The van der Waals surface area contributed by atoms with Gasteiger partial charge in [-0.15, -0.1) is 0 Å². The number of guanidine groups is 1. The second-order valence-corrected chi connectivity index (χ2v) is 8.06. The van der Waals surface area contributed by atoms with Gasteiger partial charge in [-0.05, 0) is 37.7 Å². The van der Waals surface area contributed by atoms with E-state index in [4.69, 9.17) is 9.73 Å². The van der Waals surface area contributed by atoms with Gasteiger partial charge < -0.3 is 15.4 Å². The highest BCUT2D eigenvalue weighted by atomic mass is 16.5. The standard InChI is InChI=1S/C21H35N3O/c1-6-22-20(24-16(2)17-11-8-7-9-12-17)23-15-18-13-10-14-25-19(18)21(3,4)5/h7-9,11-12,16,18-19H,6,10,13-15H2,1-5H3,(H2,22,23,24). The van der Waals surface area contributed by atoms with Crippen LogP contribution in [0.25, 0.3) is 0 Å². The molecule has 1 fully saturated rings. The first kappa shape index (κ1) is 19.8. The van der Waals surface area contributed by atoms with Gasteiger partial charge in [-0.25, -0.2) is 0 Å². The minimum Gasteiger partial charge on any atom is -0.377 e. The Morgan fingerprint density at radius 3 is 2.64 bits per heavy atom. The van der Waals surface area contributed by atoms with Crippen molar-refractivity contribution in [2.45, 2.75) is 59.6 Å². The van der Waals surface area contributed by atoms with E-state index in [2.05, 4.69) is 69.5 Å². The van der Waals surface area contributed by atoms with Gasteiger partial charge in [-0.1, -0.05) is 51.1 Å². The van der Waals surface area contributed by atoms with Crippen molar-refractivity contribution >= 4 is 5.96 Å². The minimum atomic E-state index is 0.156. The van der Waals surface area contributed by atoms with Crippen molar-refractivity contribution in [3.8, 4) is 0 Å². The molecule has 3 atom stereocenters.